The highest BCUT2D eigenvalue weighted by Crippen LogP contribution is 2.33. The number of hydrogen-bond acceptors (Lipinski definition) is 5. The predicted octanol–water partition coefficient (Wildman–Crippen LogP) is 7.01. The van der Waals surface area contributed by atoms with Crippen LogP contribution < -0.4 is 5.32 Å². The molecule has 0 bridgehead atoms. The van der Waals surface area contributed by atoms with Gasteiger partial charge in [0.2, 0.25) is 0 Å². The van der Waals surface area contributed by atoms with Crippen LogP contribution in [-0.2, 0) is 11.2 Å². The van der Waals surface area contributed by atoms with Gasteiger partial charge in [-0.25, -0.2) is 9.97 Å². The molecular weight excluding hydrogens is 448 g/mol. The molecule has 0 aliphatic heterocycles. The normalized spacial score (nSPS) is 11.8. The van der Waals surface area contributed by atoms with Gasteiger partial charge in [0.1, 0.15) is 5.82 Å². The summed E-state index contributed by atoms with van der Waals surface area (Å²) in [6.07, 6.45) is 0. The number of anilines is 1. The molecule has 5 nitrogen and oxygen atoms in total. The van der Waals surface area contributed by atoms with Crippen LogP contribution in [0.25, 0.3) is 21.3 Å². The second-order valence-corrected chi connectivity index (χ2v) is 11.2. The van der Waals surface area contributed by atoms with Gasteiger partial charge in [-0.15, -0.1) is 11.3 Å². The zero-order valence-corrected chi connectivity index (χ0v) is 20.3. The van der Waals surface area contributed by atoms with Gasteiger partial charge in [-0.2, -0.15) is 0 Å². The lowest BCUT2D eigenvalue weighted by atomic mass is 9.87. The van der Waals surface area contributed by atoms with Crippen molar-refractivity contribution >= 4 is 55.9 Å². The van der Waals surface area contributed by atoms with Gasteiger partial charge in [-0.3, -0.25) is 4.79 Å². The number of nitrogens with one attached hydrogen (secondary N) is 2. The highest BCUT2D eigenvalue weighted by atomic mass is 32.2. The maximum absolute atomic E-state index is 12.7. The fourth-order valence-electron chi connectivity index (χ4n) is 3.57. The molecule has 166 valence electrons. The smallest absolute Gasteiger partial charge is 0.255 e. The molecule has 2 aromatic heterocycles. The molecule has 0 aliphatic carbocycles. The second kappa shape index (κ2) is 8.65. The molecule has 7 heteroatoms. The van der Waals surface area contributed by atoms with Crippen molar-refractivity contribution in [3.63, 3.8) is 0 Å². The van der Waals surface area contributed by atoms with E-state index in [2.05, 4.69) is 36.1 Å². The fraction of sp³-hybridized carbons (Fsp3) is 0.192. The number of benzene rings is 3. The molecule has 0 atom stereocenters. The minimum absolute atomic E-state index is 0.0618. The van der Waals surface area contributed by atoms with Crippen LogP contribution in [0, 0.1) is 0 Å². The molecule has 0 spiro atoms. The van der Waals surface area contributed by atoms with Crippen LogP contribution in [-0.4, -0.2) is 20.9 Å². The zero-order chi connectivity index (χ0) is 23.0. The number of imidazole rings is 1. The molecule has 0 fully saturated rings. The standard InChI is InChI=1S/C26H24N4OS2/c1-26(2,3)17-10-8-16(9-11-17)24(31)27-18-12-13-21-22(14-18)33-25(30-21)32-15-23-28-19-6-4-5-7-20(19)29-23/h4-14H,15H2,1-3H3,(H,27,31)(H,28,29). The van der Waals surface area contributed by atoms with E-state index in [9.17, 15) is 4.79 Å². The average molecular weight is 473 g/mol. The minimum atomic E-state index is -0.112. The van der Waals surface area contributed by atoms with Crippen LogP contribution in [0.3, 0.4) is 0 Å². The van der Waals surface area contributed by atoms with E-state index in [-0.39, 0.29) is 11.3 Å². The lowest BCUT2D eigenvalue weighted by Gasteiger charge is -2.19. The Labute approximate surface area is 200 Å². The van der Waals surface area contributed by atoms with Gasteiger partial charge in [-0.1, -0.05) is 56.8 Å². The quantitative estimate of drug-likeness (QED) is 0.270. The molecule has 3 aromatic carbocycles. The Morgan fingerprint density at radius 1 is 1.00 bits per heavy atom. The molecule has 2 heterocycles. The number of thioether (sulfide) groups is 1. The van der Waals surface area contributed by atoms with Crippen molar-refractivity contribution in [3.8, 4) is 0 Å². The largest absolute Gasteiger partial charge is 0.341 e. The maximum atomic E-state index is 12.7. The number of carbonyl (C=O) groups excluding carboxylic acids is 1. The van der Waals surface area contributed by atoms with Gasteiger partial charge in [0.15, 0.2) is 4.34 Å². The molecule has 2 N–H and O–H groups in total. The lowest BCUT2D eigenvalue weighted by molar-refractivity contribution is 0.102. The molecule has 5 aromatic rings. The Bertz CT molecular complexity index is 1410. The lowest BCUT2D eigenvalue weighted by Crippen LogP contribution is -2.14. The highest BCUT2D eigenvalue weighted by molar-refractivity contribution is 8.00. The topological polar surface area (TPSA) is 70.7 Å². The molecule has 0 unspecified atom stereocenters. The van der Waals surface area contributed by atoms with Crippen molar-refractivity contribution < 1.29 is 4.79 Å². The van der Waals surface area contributed by atoms with Crippen LogP contribution in [0.5, 0.6) is 0 Å². The van der Waals surface area contributed by atoms with Gasteiger partial charge in [0.25, 0.3) is 5.91 Å². The molecular formula is C26H24N4OS2. The van der Waals surface area contributed by atoms with E-state index in [1.54, 1.807) is 23.1 Å². The number of fused-ring (bicyclic) bond motifs is 2. The van der Waals surface area contributed by atoms with E-state index in [1.165, 1.54) is 5.56 Å². The van der Waals surface area contributed by atoms with Gasteiger partial charge < -0.3 is 10.3 Å². The van der Waals surface area contributed by atoms with Gasteiger partial charge >= 0.3 is 0 Å². The third-order valence-corrected chi connectivity index (χ3v) is 7.58. The van der Waals surface area contributed by atoms with Crippen molar-refractivity contribution in [2.75, 3.05) is 5.32 Å². The van der Waals surface area contributed by atoms with Crippen molar-refractivity contribution in [3.05, 3.63) is 83.7 Å². The first-order valence-corrected chi connectivity index (χ1v) is 12.5. The van der Waals surface area contributed by atoms with E-state index >= 15 is 0 Å². The third kappa shape index (κ3) is 4.79. The summed E-state index contributed by atoms with van der Waals surface area (Å²) in [7, 11) is 0. The summed E-state index contributed by atoms with van der Waals surface area (Å²) in [5, 5.41) is 3.01. The molecule has 1 amide bonds. The summed E-state index contributed by atoms with van der Waals surface area (Å²) in [5.74, 6) is 1.55. The van der Waals surface area contributed by atoms with Gasteiger partial charge in [0.05, 0.1) is 27.0 Å². The summed E-state index contributed by atoms with van der Waals surface area (Å²) in [4.78, 5) is 25.4. The number of thiazole rings is 1. The first-order chi connectivity index (χ1) is 15.8. The van der Waals surface area contributed by atoms with Crippen molar-refractivity contribution in [1.29, 1.82) is 0 Å². The summed E-state index contributed by atoms with van der Waals surface area (Å²) in [6.45, 7) is 6.49. The number of hydrogen-bond donors (Lipinski definition) is 2. The van der Waals surface area contributed by atoms with E-state index in [1.807, 2.05) is 66.7 Å². The Kier molecular flexibility index (Phi) is 5.68. The minimum Gasteiger partial charge on any atom is -0.341 e. The second-order valence-electron chi connectivity index (χ2n) is 8.93. The van der Waals surface area contributed by atoms with Crippen LogP contribution in [0.1, 0.15) is 42.5 Å². The molecule has 0 radical (unpaired) electrons. The van der Waals surface area contributed by atoms with Gasteiger partial charge in [-0.05, 0) is 53.4 Å². The first kappa shape index (κ1) is 21.7. The summed E-state index contributed by atoms with van der Waals surface area (Å²) in [6, 6.07) is 21.7. The fourth-order valence-corrected chi connectivity index (χ4v) is 5.55. The first-order valence-electron chi connectivity index (χ1n) is 10.7. The Morgan fingerprint density at radius 2 is 1.79 bits per heavy atom. The van der Waals surface area contributed by atoms with Crippen LogP contribution in [0.15, 0.2) is 71.1 Å². The molecule has 0 saturated heterocycles. The number of carbonyl (C=O) groups is 1. The highest BCUT2D eigenvalue weighted by Gasteiger charge is 2.15. The van der Waals surface area contributed by atoms with Crippen molar-refractivity contribution in [2.45, 2.75) is 36.3 Å². The van der Waals surface area contributed by atoms with Crippen LogP contribution >= 0.6 is 23.1 Å². The molecule has 0 aliphatic rings. The van der Waals surface area contributed by atoms with Crippen LogP contribution in [0.2, 0.25) is 0 Å². The zero-order valence-electron chi connectivity index (χ0n) is 18.7. The van der Waals surface area contributed by atoms with Crippen molar-refractivity contribution in [1.82, 2.24) is 15.0 Å². The summed E-state index contributed by atoms with van der Waals surface area (Å²) >= 11 is 3.28. The average Bonchev–Trinajstić information content (AvgIpc) is 3.40. The Hall–Kier alpha value is -3.16. The van der Waals surface area contributed by atoms with E-state index < -0.39 is 0 Å². The Balaban J connectivity index is 1.27. The monoisotopic (exact) mass is 472 g/mol. The molecule has 5 rings (SSSR count). The van der Waals surface area contributed by atoms with E-state index in [0.29, 0.717) is 5.56 Å². The van der Waals surface area contributed by atoms with E-state index in [0.717, 1.165) is 42.9 Å². The van der Waals surface area contributed by atoms with Crippen molar-refractivity contribution in [2.24, 2.45) is 0 Å². The predicted molar refractivity (Wildman–Crippen MR) is 138 cm³/mol. The molecule has 33 heavy (non-hydrogen) atoms. The van der Waals surface area contributed by atoms with Gasteiger partial charge in [0, 0.05) is 11.3 Å². The number of H-pyrrole nitrogens is 1. The number of para-hydroxylation sites is 2. The molecule has 0 saturated carbocycles. The van der Waals surface area contributed by atoms with Crippen LogP contribution in [0.4, 0.5) is 5.69 Å². The number of aromatic amines is 1. The number of rotatable bonds is 5. The van der Waals surface area contributed by atoms with E-state index in [4.69, 9.17) is 4.98 Å². The summed E-state index contributed by atoms with van der Waals surface area (Å²) < 4.78 is 2.02. The number of aromatic nitrogens is 3. The number of amides is 1. The number of nitrogens with zero attached hydrogens (tertiary/aromatic N) is 2. The third-order valence-electron chi connectivity index (χ3n) is 5.41. The maximum Gasteiger partial charge on any atom is 0.255 e. The Morgan fingerprint density at radius 3 is 2.55 bits per heavy atom. The summed E-state index contributed by atoms with van der Waals surface area (Å²) in [5.41, 5.74) is 5.64. The SMILES string of the molecule is CC(C)(C)c1ccc(C(=O)Nc2ccc3nc(SCc4nc5ccccc5[nH]4)sc3c2)cc1.